The van der Waals surface area contributed by atoms with E-state index in [0.29, 0.717) is 5.69 Å². The van der Waals surface area contributed by atoms with Gasteiger partial charge < -0.3 is 15.6 Å². The normalized spacial score (nSPS) is 10.8. The third-order valence-electron chi connectivity index (χ3n) is 2.65. The molecule has 0 unspecified atom stereocenters. The lowest BCUT2D eigenvalue weighted by Crippen LogP contribution is -2.19. The molecule has 1 aromatic carbocycles. The van der Waals surface area contributed by atoms with Crippen LogP contribution in [0.4, 0.5) is 24.5 Å². The third kappa shape index (κ3) is 3.11. The molecule has 106 valence electrons. The molecule has 0 aliphatic rings. The van der Waals surface area contributed by atoms with E-state index in [0.717, 1.165) is 10.6 Å². The summed E-state index contributed by atoms with van der Waals surface area (Å²) < 4.78 is 38.8. The fourth-order valence-electron chi connectivity index (χ4n) is 1.74. The number of amides is 1. The predicted octanol–water partition coefficient (Wildman–Crippen LogP) is 2.73. The van der Waals surface area contributed by atoms with Gasteiger partial charge in [0.1, 0.15) is 11.5 Å². The van der Waals surface area contributed by atoms with E-state index in [-0.39, 0.29) is 11.4 Å². The number of aromatic nitrogens is 1. The molecule has 2 rings (SSSR count). The van der Waals surface area contributed by atoms with Gasteiger partial charge in [-0.15, -0.1) is 0 Å². The van der Waals surface area contributed by atoms with E-state index in [4.69, 9.17) is 5.73 Å². The Morgan fingerprint density at radius 1 is 1.35 bits per heavy atom. The maximum absolute atomic E-state index is 13.0. The number of hydrogen-bond donors (Lipinski definition) is 2. The van der Waals surface area contributed by atoms with Gasteiger partial charge in [-0.1, -0.05) is 0 Å². The van der Waals surface area contributed by atoms with Crippen molar-refractivity contribution < 1.29 is 18.0 Å². The second kappa shape index (κ2) is 5.68. The topological polar surface area (TPSA) is 60.0 Å². The molecule has 4 nitrogen and oxygen atoms in total. The zero-order valence-corrected chi connectivity index (χ0v) is 10.3. The van der Waals surface area contributed by atoms with Crippen molar-refractivity contribution in [2.75, 3.05) is 11.1 Å². The maximum atomic E-state index is 13.0. The van der Waals surface area contributed by atoms with Crippen molar-refractivity contribution in [2.24, 2.45) is 0 Å². The van der Waals surface area contributed by atoms with E-state index >= 15 is 0 Å². The number of nitrogen functional groups attached to an aromatic ring is 1. The molecule has 1 aromatic heterocycles. The molecule has 0 aliphatic carbocycles. The van der Waals surface area contributed by atoms with E-state index in [1.54, 1.807) is 0 Å². The first-order valence-electron chi connectivity index (χ1n) is 5.77. The van der Waals surface area contributed by atoms with Crippen LogP contribution in [0.15, 0.2) is 36.5 Å². The molecule has 0 saturated heterocycles. The third-order valence-corrected chi connectivity index (χ3v) is 2.65. The molecular weight excluding hydrogens is 271 g/mol. The first-order chi connectivity index (χ1) is 9.47. The quantitative estimate of drug-likeness (QED) is 0.848. The molecule has 3 N–H and O–H groups in total. The van der Waals surface area contributed by atoms with E-state index in [1.807, 2.05) is 0 Å². The highest BCUT2D eigenvalue weighted by Gasteiger charge is 2.14. The number of nitrogens with one attached hydrogen (secondary N) is 1. The number of nitrogens with two attached hydrogens (primary N) is 1. The van der Waals surface area contributed by atoms with Crippen LogP contribution in [-0.2, 0) is 6.54 Å². The zero-order chi connectivity index (χ0) is 14.7. The fourth-order valence-corrected chi connectivity index (χ4v) is 1.74. The van der Waals surface area contributed by atoms with Gasteiger partial charge in [0.25, 0.3) is 12.3 Å². The molecule has 0 saturated carbocycles. The Bertz CT molecular complexity index is 625. The number of benzene rings is 1. The summed E-state index contributed by atoms with van der Waals surface area (Å²) >= 11 is 0. The molecule has 0 fully saturated rings. The van der Waals surface area contributed by atoms with Gasteiger partial charge in [0, 0.05) is 11.9 Å². The highest BCUT2D eigenvalue weighted by Crippen LogP contribution is 2.17. The Kier molecular flexibility index (Phi) is 3.97. The standard InChI is InChI=1S/C13H12F3N3O/c14-9-4-3-8(6-10(9)17)18-13(20)11-2-1-5-19(11)7-12(15)16/h1-6,12H,7,17H2,(H,18,20). The molecule has 0 spiro atoms. The molecule has 0 bridgehead atoms. The smallest absolute Gasteiger partial charge is 0.272 e. The molecule has 0 aliphatic heterocycles. The minimum Gasteiger partial charge on any atom is -0.396 e. The molecule has 7 heteroatoms. The second-order valence-electron chi connectivity index (χ2n) is 4.13. The largest absolute Gasteiger partial charge is 0.396 e. The number of rotatable bonds is 4. The van der Waals surface area contributed by atoms with Crippen LogP contribution in [-0.4, -0.2) is 16.9 Å². The molecule has 1 heterocycles. The van der Waals surface area contributed by atoms with Crippen molar-refractivity contribution >= 4 is 17.3 Å². The van der Waals surface area contributed by atoms with E-state index in [2.05, 4.69) is 5.32 Å². The summed E-state index contributed by atoms with van der Waals surface area (Å²) in [6.45, 7) is -0.568. The van der Waals surface area contributed by atoms with Gasteiger partial charge >= 0.3 is 0 Å². The molecular formula is C13H12F3N3O. The number of alkyl halides is 2. The average Bonchev–Trinajstić information content (AvgIpc) is 2.81. The van der Waals surface area contributed by atoms with Gasteiger partial charge in [0.2, 0.25) is 0 Å². The monoisotopic (exact) mass is 283 g/mol. The van der Waals surface area contributed by atoms with Gasteiger partial charge in [-0.3, -0.25) is 4.79 Å². The summed E-state index contributed by atoms with van der Waals surface area (Å²) in [5.41, 5.74) is 5.66. The van der Waals surface area contributed by atoms with Gasteiger partial charge in [0.05, 0.1) is 12.2 Å². The SMILES string of the molecule is Nc1cc(NC(=O)c2cccn2CC(F)F)ccc1F. The lowest BCUT2D eigenvalue weighted by molar-refractivity contribution is 0.0998. The average molecular weight is 283 g/mol. The maximum Gasteiger partial charge on any atom is 0.272 e. The number of carbonyl (C=O) groups is 1. The van der Waals surface area contributed by atoms with Crippen molar-refractivity contribution in [1.29, 1.82) is 0 Å². The zero-order valence-electron chi connectivity index (χ0n) is 10.3. The van der Waals surface area contributed by atoms with E-state index in [1.165, 1.54) is 30.5 Å². The van der Waals surface area contributed by atoms with E-state index in [9.17, 15) is 18.0 Å². The minimum absolute atomic E-state index is 0.0909. The summed E-state index contributed by atoms with van der Waals surface area (Å²) in [5.74, 6) is -1.16. The highest BCUT2D eigenvalue weighted by atomic mass is 19.3. The second-order valence-corrected chi connectivity index (χ2v) is 4.13. The van der Waals surface area contributed by atoms with Crippen LogP contribution in [0.2, 0.25) is 0 Å². The van der Waals surface area contributed by atoms with Gasteiger partial charge in [-0.05, 0) is 30.3 Å². The van der Waals surface area contributed by atoms with Crippen LogP contribution >= 0.6 is 0 Å². The van der Waals surface area contributed by atoms with Crippen molar-refractivity contribution in [3.63, 3.8) is 0 Å². The Hall–Kier alpha value is -2.44. The number of halogens is 3. The Morgan fingerprint density at radius 2 is 2.10 bits per heavy atom. The summed E-state index contributed by atoms with van der Waals surface area (Å²) in [4.78, 5) is 12.0. The lowest BCUT2D eigenvalue weighted by atomic mass is 10.2. The number of hydrogen-bond acceptors (Lipinski definition) is 2. The predicted molar refractivity (Wildman–Crippen MR) is 69.2 cm³/mol. The number of nitrogens with zero attached hydrogens (tertiary/aromatic N) is 1. The minimum atomic E-state index is -2.56. The summed E-state index contributed by atoms with van der Waals surface area (Å²) in [7, 11) is 0. The molecule has 0 atom stereocenters. The van der Waals surface area contributed by atoms with Crippen molar-refractivity contribution in [3.8, 4) is 0 Å². The summed E-state index contributed by atoms with van der Waals surface area (Å²) in [6, 6.07) is 6.63. The first kappa shape index (κ1) is 14.0. The van der Waals surface area contributed by atoms with Gasteiger partial charge in [-0.25, -0.2) is 13.2 Å². The van der Waals surface area contributed by atoms with Crippen molar-refractivity contribution in [2.45, 2.75) is 13.0 Å². The highest BCUT2D eigenvalue weighted by molar-refractivity contribution is 6.03. The Balaban J connectivity index is 2.15. The van der Waals surface area contributed by atoms with Crippen molar-refractivity contribution in [3.05, 3.63) is 48.0 Å². The molecule has 0 radical (unpaired) electrons. The Labute approximate surface area is 113 Å². The van der Waals surface area contributed by atoms with Crippen LogP contribution in [0, 0.1) is 5.82 Å². The van der Waals surface area contributed by atoms with Crippen LogP contribution in [0.25, 0.3) is 0 Å². The number of carbonyl (C=O) groups excluding carboxylic acids is 1. The number of anilines is 2. The lowest BCUT2D eigenvalue weighted by Gasteiger charge is -2.10. The fraction of sp³-hybridized carbons (Fsp3) is 0.154. The van der Waals surface area contributed by atoms with Crippen LogP contribution < -0.4 is 11.1 Å². The summed E-state index contributed by atoms with van der Waals surface area (Å²) in [6.07, 6.45) is -1.17. The van der Waals surface area contributed by atoms with Gasteiger partial charge in [-0.2, -0.15) is 0 Å². The molecule has 20 heavy (non-hydrogen) atoms. The van der Waals surface area contributed by atoms with Crippen LogP contribution in [0.5, 0.6) is 0 Å². The first-order valence-corrected chi connectivity index (χ1v) is 5.77. The van der Waals surface area contributed by atoms with E-state index < -0.39 is 24.7 Å². The van der Waals surface area contributed by atoms with Gasteiger partial charge in [0.15, 0.2) is 0 Å². The Morgan fingerprint density at radius 3 is 2.75 bits per heavy atom. The van der Waals surface area contributed by atoms with Crippen LogP contribution in [0.1, 0.15) is 10.5 Å². The molecule has 2 aromatic rings. The van der Waals surface area contributed by atoms with Crippen LogP contribution in [0.3, 0.4) is 0 Å². The van der Waals surface area contributed by atoms with Crippen molar-refractivity contribution in [1.82, 2.24) is 4.57 Å². The summed E-state index contributed by atoms with van der Waals surface area (Å²) in [5, 5.41) is 2.47. The molecule has 1 amide bonds.